The summed E-state index contributed by atoms with van der Waals surface area (Å²) in [4.78, 5) is 22.9. The number of carbonyl (C=O) groups excluding carboxylic acids is 2. The highest BCUT2D eigenvalue weighted by Gasteiger charge is 2.13. The molecule has 1 aromatic heterocycles. The molecule has 0 atom stereocenters. The smallest absolute Gasteiger partial charge is 0.291 e. The molecule has 5 nitrogen and oxygen atoms in total. The van der Waals surface area contributed by atoms with Gasteiger partial charge in [-0.15, -0.1) is 0 Å². The van der Waals surface area contributed by atoms with Crippen molar-refractivity contribution in [1.29, 1.82) is 0 Å². The Hall–Kier alpha value is -2.27. The van der Waals surface area contributed by atoms with E-state index in [2.05, 4.69) is 10.6 Å². The summed E-state index contributed by atoms with van der Waals surface area (Å²) in [7, 11) is 0. The standard InChI is InChI=1S/C14H13ClN2O3/c1-8-7-10(15)3-4-11(8)17-14(19)12-5-6-13(20-12)16-9(2)18/h3-7H,1-2H3,(H,16,18)(H,17,19). The highest BCUT2D eigenvalue weighted by molar-refractivity contribution is 6.30. The van der Waals surface area contributed by atoms with Crippen LogP contribution in [0.15, 0.2) is 34.7 Å². The molecule has 2 aromatic rings. The van der Waals surface area contributed by atoms with E-state index in [0.29, 0.717) is 10.7 Å². The molecular formula is C14H13ClN2O3. The third-order valence-electron chi connectivity index (χ3n) is 2.57. The van der Waals surface area contributed by atoms with Crippen LogP contribution in [-0.4, -0.2) is 11.8 Å². The number of benzene rings is 1. The van der Waals surface area contributed by atoms with Gasteiger partial charge in [-0.3, -0.25) is 14.9 Å². The predicted molar refractivity (Wildman–Crippen MR) is 77.2 cm³/mol. The van der Waals surface area contributed by atoms with E-state index in [1.807, 2.05) is 6.92 Å². The van der Waals surface area contributed by atoms with Crippen molar-refractivity contribution in [3.8, 4) is 0 Å². The predicted octanol–water partition coefficient (Wildman–Crippen LogP) is 3.45. The monoisotopic (exact) mass is 292 g/mol. The van der Waals surface area contributed by atoms with Crippen LogP contribution in [0.25, 0.3) is 0 Å². The van der Waals surface area contributed by atoms with E-state index in [9.17, 15) is 9.59 Å². The highest BCUT2D eigenvalue weighted by atomic mass is 35.5. The van der Waals surface area contributed by atoms with Crippen molar-refractivity contribution in [2.75, 3.05) is 10.6 Å². The maximum absolute atomic E-state index is 12.0. The Morgan fingerprint density at radius 3 is 2.55 bits per heavy atom. The molecule has 0 saturated carbocycles. The van der Waals surface area contributed by atoms with E-state index in [4.69, 9.17) is 16.0 Å². The van der Waals surface area contributed by atoms with Crippen LogP contribution in [0, 0.1) is 6.92 Å². The summed E-state index contributed by atoms with van der Waals surface area (Å²) in [5, 5.41) is 5.78. The normalized spacial score (nSPS) is 10.2. The quantitative estimate of drug-likeness (QED) is 0.910. The fourth-order valence-corrected chi connectivity index (χ4v) is 1.88. The fourth-order valence-electron chi connectivity index (χ4n) is 1.65. The van der Waals surface area contributed by atoms with Gasteiger partial charge in [0.25, 0.3) is 5.91 Å². The van der Waals surface area contributed by atoms with Crippen LogP contribution in [0.5, 0.6) is 0 Å². The Balaban J connectivity index is 2.11. The molecule has 0 radical (unpaired) electrons. The third kappa shape index (κ3) is 3.39. The third-order valence-corrected chi connectivity index (χ3v) is 2.80. The summed E-state index contributed by atoms with van der Waals surface area (Å²) in [6.07, 6.45) is 0. The summed E-state index contributed by atoms with van der Waals surface area (Å²) >= 11 is 5.85. The number of anilines is 2. The van der Waals surface area contributed by atoms with Crippen molar-refractivity contribution in [2.24, 2.45) is 0 Å². The van der Waals surface area contributed by atoms with Crippen LogP contribution in [0.4, 0.5) is 11.6 Å². The van der Waals surface area contributed by atoms with Gasteiger partial charge in [-0.1, -0.05) is 11.6 Å². The van der Waals surface area contributed by atoms with Gasteiger partial charge in [0, 0.05) is 23.7 Å². The maximum Gasteiger partial charge on any atom is 0.291 e. The maximum atomic E-state index is 12.0. The number of nitrogens with one attached hydrogen (secondary N) is 2. The SMILES string of the molecule is CC(=O)Nc1ccc(C(=O)Nc2ccc(Cl)cc2C)o1. The molecule has 2 N–H and O–H groups in total. The largest absolute Gasteiger partial charge is 0.435 e. The molecule has 1 heterocycles. The first-order valence-electron chi connectivity index (χ1n) is 5.90. The molecule has 0 aliphatic heterocycles. The number of hydrogen-bond acceptors (Lipinski definition) is 3. The van der Waals surface area contributed by atoms with E-state index in [1.54, 1.807) is 18.2 Å². The molecule has 2 amide bonds. The Morgan fingerprint density at radius 2 is 1.90 bits per heavy atom. The topological polar surface area (TPSA) is 71.3 Å². The Bertz CT molecular complexity index is 664. The first-order chi connectivity index (χ1) is 9.45. The van der Waals surface area contributed by atoms with Crippen molar-refractivity contribution in [3.63, 3.8) is 0 Å². The van der Waals surface area contributed by atoms with E-state index < -0.39 is 5.91 Å². The minimum atomic E-state index is -0.396. The first kappa shape index (κ1) is 14.1. The number of furan rings is 1. The number of halogens is 1. The lowest BCUT2D eigenvalue weighted by molar-refractivity contribution is -0.114. The van der Waals surface area contributed by atoms with Gasteiger partial charge in [0.15, 0.2) is 11.6 Å². The Kier molecular flexibility index (Phi) is 4.10. The van der Waals surface area contributed by atoms with Gasteiger partial charge in [0.2, 0.25) is 5.91 Å². The minimum Gasteiger partial charge on any atom is -0.435 e. The van der Waals surface area contributed by atoms with E-state index in [0.717, 1.165) is 5.56 Å². The molecule has 0 bridgehead atoms. The lowest BCUT2D eigenvalue weighted by Crippen LogP contribution is -2.12. The molecule has 1 aromatic carbocycles. The molecule has 0 spiro atoms. The molecule has 6 heteroatoms. The first-order valence-corrected chi connectivity index (χ1v) is 6.28. The molecule has 104 valence electrons. The van der Waals surface area contributed by atoms with Crippen molar-refractivity contribution in [1.82, 2.24) is 0 Å². The highest BCUT2D eigenvalue weighted by Crippen LogP contribution is 2.21. The average Bonchev–Trinajstić information content (AvgIpc) is 2.80. The van der Waals surface area contributed by atoms with Crippen molar-refractivity contribution in [2.45, 2.75) is 13.8 Å². The van der Waals surface area contributed by atoms with Crippen LogP contribution in [0.2, 0.25) is 5.02 Å². The Labute approximate surface area is 120 Å². The lowest BCUT2D eigenvalue weighted by Gasteiger charge is -2.07. The van der Waals surface area contributed by atoms with Gasteiger partial charge < -0.3 is 9.73 Å². The van der Waals surface area contributed by atoms with Gasteiger partial charge in [0.1, 0.15) is 0 Å². The number of rotatable bonds is 3. The average molecular weight is 293 g/mol. The van der Waals surface area contributed by atoms with Crippen molar-refractivity contribution >= 4 is 35.0 Å². The second-order valence-electron chi connectivity index (χ2n) is 4.26. The van der Waals surface area contributed by atoms with Gasteiger partial charge in [-0.05, 0) is 36.8 Å². The molecule has 0 aliphatic rings. The number of amides is 2. The van der Waals surface area contributed by atoms with Gasteiger partial charge in [-0.25, -0.2) is 0 Å². The summed E-state index contributed by atoms with van der Waals surface area (Å²) in [5.74, 6) is -0.314. The van der Waals surface area contributed by atoms with Crippen molar-refractivity contribution in [3.05, 3.63) is 46.7 Å². The number of carbonyl (C=O) groups is 2. The van der Waals surface area contributed by atoms with Crippen LogP contribution < -0.4 is 10.6 Å². The van der Waals surface area contributed by atoms with E-state index >= 15 is 0 Å². The molecule has 20 heavy (non-hydrogen) atoms. The number of hydrogen-bond donors (Lipinski definition) is 2. The summed E-state index contributed by atoms with van der Waals surface area (Å²) in [5.41, 5.74) is 1.50. The van der Waals surface area contributed by atoms with Gasteiger partial charge in [-0.2, -0.15) is 0 Å². The van der Waals surface area contributed by atoms with Gasteiger partial charge >= 0.3 is 0 Å². The minimum absolute atomic E-state index is 0.114. The second-order valence-corrected chi connectivity index (χ2v) is 4.69. The molecule has 0 unspecified atom stereocenters. The van der Waals surface area contributed by atoms with Crippen LogP contribution in [0.3, 0.4) is 0 Å². The molecule has 0 aliphatic carbocycles. The Morgan fingerprint density at radius 1 is 1.15 bits per heavy atom. The zero-order valence-corrected chi connectivity index (χ0v) is 11.7. The summed E-state index contributed by atoms with van der Waals surface area (Å²) < 4.78 is 5.22. The molecule has 0 saturated heterocycles. The van der Waals surface area contributed by atoms with Gasteiger partial charge in [0.05, 0.1) is 0 Å². The van der Waals surface area contributed by atoms with Crippen molar-refractivity contribution < 1.29 is 14.0 Å². The zero-order chi connectivity index (χ0) is 14.7. The second kappa shape index (κ2) is 5.79. The molecule has 0 fully saturated rings. The van der Waals surface area contributed by atoms with E-state index in [1.165, 1.54) is 19.1 Å². The van der Waals surface area contributed by atoms with Crippen LogP contribution in [0.1, 0.15) is 23.0 Å². The van der Waals surface area contributed by atoms with Crippen LogP contribution >= 0.6 is 11.6 Å². The van der Waals surface area contributed by atoms with Crippen LogP contribution in [-0.2, 0) is 4.79 Å². The molecule has 2 rings (SSSR count). The molecular weight excluding hydrogens is 280 g/mol. The van der Waals surface area contributed by atoms with E-state index in [-0.39, 0.29) is 17.6 Å². The summed E-state index contributed by atoms with van der Waals surface area (Å²) in [6.45, 7) is 3.20. The number of aryl methyl sites for hydroxylation is 1. The summed E-state index contributed by atoms with van der Waals surface area (Å²) in [6, 6.07) is 8.17. The fraction of sp³-hybridized carbons (Fsp3) is 0.143. The zero-order valence-electron chi connectivity index (χ0n) is 11.0. The lowest BCUT2D eigenvalue weighted by atomic mass is 10.2.